The van der Waals surface area contributed by atoms with Crippen molar-refractivity contribution in [3.63, 3.8) is 0 Å². The fraction of sp³-hybridized carbons (Fsp3) is 0.200. The van der Waals surface area contributed by atoms with E-state index >= 15 is 0 Å². The molecule has 0 radical (unpaired) electrons. The normalized spacial score (nSPS) is 10.7. The van der Waals surface area contributed by atoms with Crippen molar-refractivity contribution < 1.29 is 4.52 Å². The van der Waals surface area contributed by atoms with Crippen LogP contribution in [0, 0.1) is 6.92 Å². The molecule has 5 heteroatoms. The standard InChI is InChI=1S/C15H16N4O/c1-12-7-15(18-20-12)16-8-14-9-17-19(11-14)10-13-5-3-2-4-6-13/h2-7,9,11H,8,10H2,1H3,(H,16,18). The summed E-state index contributed by atoms with van der Waals surface area (Å²) in [6.45, 7) is 3.33. The van der Waals surface area contributed by atoms with Gasteiger partial charge < -0.3 is 9.84 Å². The molecule has 0 spiro atoms. The Morgan fingerprint density at radius 3 is 2.80 bits per heavy atom. The number of rotatable bonds is 5. The molecular weight excluding hydrogens is 252 g/mol. The van der Waals surface area contributed by atoms with Crippen LogP contribution >= 0.6 is 0 Å². The molecule has 2 heterocycles. The highest BCUT2D eigenvalue weighted by atomic mass is 16.5. The quantitative estimate of drug-likeness (QED) is 0.773. The maximum absolute atomic E-state index is 5.00. The third-order valence-corrected chi connectivity index (χ3v) is 2.98. The highest BCUT2D eigenvalue weighted by Gasteiger charge is 2.02. The summed E-state index contributed by atoms with van der Waals surface area (Å²) in [7, 11) is 0. The summed E-state index contributed by atoms with van der Waals surface area (Å²) in [5, 5.41) is 11.5. The largest absolute Gasteiger partial charge is 0.363 e. The maximum Gasteiger partial charge on any atom is 0.169 e. The Morgan fingerprint density at radius 2 is 2.05 bits per heavy atom. The molecule has 0 aliphatic rings. The molecule has 1 N–H and O–H groups in total. The summed E-state index contributed by atoms with van der Waals surface area (Å²) in [6.07, 6.45) is 3.90. The van der Waals surface area contributed by atoms with Crippen LogP contribution in [0.4, 0.5) is 5.82 Å². The second-order valence-electron chi connectivity index (χ2n) is 4.71. The first-order valence-corrected chi connectivity index (χ1v) is 6.52. The zero-order chi connectivity index (χ0) is 13.8. The van der Waals surface area contributed by atoms with Gasteiger partial charge in [-0.1, -0.05) is 35.5 Å². The predicted molar refractivity (Wildman–Crippen MR) is 76.3 cm³/mol. The van der Waals surface area contributed by atoms with Gasteiger partial charge in [0.25, 0.3) is 0 Å². The lowest BCUT2D eigenvalue weighted by Crippen LogP contribution is -2.00. The average Bonchev–Trinajstić information content (AvgIpc) is 3.07. The minimum atomic E-state index is 0.681. The molecule has 0 aliphatic heterocycles. The summed E-state index contributed by atoms with van der Waals surface area (Å²) in [5.74, 6) is 1.55. The van der Waals surface area contributed by atoms with Crippen molar-refractivity contribution >= 4 is 5.82 Å². The Hall–Kier alpha value is -2.56. The van der Waals surface area contributed by atoms with E-state index in [2.05, 4.69) is 27.7 Å². The van der Waals surface area contributed by atoms with E-state index in [0.29, 0.717) is 6.54 Å². The second-order valence-corrected chi connectivity index (χ2v) is 4.71. The Balaban J connectivity index is 1.59. The Labute approximate surface area is 117 Å². The van der Waals surface area contributed by atoms with E-state index in [1.54, 1.807) is 0 Å². The molecule has 102 valence electrons. The van der Waals surface area contributed by atoms with Crippen molar-refractivity contribution in [2.45, 2.75) is 20.0 Å². The molecular formula is C15H16N4O. The van der Waals surface area contributed by atoms with Crippen LogP contribution in [0.1, 0.15) is 16.9 Å². The van der Waals surface area contributed by atoms with E-state index in [0.717, 1.165) is 23.7 Å². The molecule has 3 rings (SSSR count). The summed E-state index contributed by atoms with van der Waals surface area (Å²) >= 11 is 0. The van der Waals surface area contributed by atoms with Gasteiger partial charge in [0.1, 0.15) is 5.76 Å². The lowest BCUT2D eigenvalue weighted by atomic mass is 10.2. The first kappa shape index (κ1) is 12.5. The van der Waals surface area contributed by atoms with Crippen molar-refractivity contribution in [3.8, 4) is 0 Å². The van der Waals surface area contributed by atoms with Crippen molar-refractivity contribution in [2.75, 3.05) is 5.32 Å². The number of aromatic nitrogens is 3. The van der Waals surface area contributed by atoms with Crippen LogP contribution in [-0.2, 0) is 13.1 Å². The third kappa shape index (κ3) is 3.06. The zero-order valence-corrected chi connectivity index (χ0v) is 11.3. The SMILES string of the molecule is Cc1cc(NCc2cnn(Cc3ccccc3)c2)no1. The van der Waals surface area contributed by atoms with E-state index < -0.39 is 0 Å². The van der Waals surface area contributed by atoms with Crippen LogP contribution in [0.15, 0.2) is 53.3 Å². The summed E-state index contributed by atoms with van der Waals surface area (Å²) in [4.78, 5) is 0. The van der Waals surface area contributed by atoms with E-state index in [4.69, 9.17) is 4.52 Å². The molecule has 0 saturated heterocycles. The van der Waals surface area contributed by atoms with Gasteiger partial charge in [0.15, 0.2) is 5.82 Å². The van der Waals surface area contributed by atoms with Gasteiger partial charge in [0.05, 0.1) is 12.7 Å². The molecule has 0 atom stereocenters. The molecule has 0 unspecified atom stereocenters. The number of nitrogens with one attached hydrogen (secondary N) is 1. The minimum absolute atomic E-state index is 0.681. The lowest BCUT2D eigenvalue weighted by molar-refractivity contribution is 0.399. The van der Waals surface area contributed by atoms with E-state index in [1.807, 2.05) is 48.3 Å². The van der Waals surface area contributed by atoms with Crippen LogP contribution in [-0.4, -0.2) is 14.9 Å². The van der Waals surface area contributed by atoms with E-state index in [9.17, 15) is 0 Å². The molecule has 5 nitrogen and oxygen atoms in total. The number of hydrogen-bond donors (Lipinski definition) is 1. The topological polar surface area (TPSA) is 55.9 Å². The second kappa shape index (κ2) is 5.61. The summed E-state index contributed by atoms with van der Waals surface area (Å²) in [6, 6.07) is 12.1. The van der Waals surface area contributed by atoms with Crippen LogP contribution in [0.5, 0.6) is 0 Å². The predicted octanol–water partition coefficient (Wildman–Crippen LogP) is 2.84. The third-order valence-electron chi connectivity index (χ3n) is 2.98. The van der Waals surface area contributed by atoms with Crippen LogP contribution in [0.25, 0.3) is 0 Å². The Bertz CT molecular complexity index is 672. The summed E-state index contributed by atoms with van der Waals surface area (Å²) in [5.41, 5.74) is 2.35. The molecule has 2 aromatic heterocycles. The number of benzene rings is 1. The molecule has 0 saturated carbocycles. The first-order chi connectivity index (χ1) is 9.79. The van der Waals surface area contributed by atoms with Gasteiger partial charge in [0, 0.05) is 24.4 Å². The van der Waals surface area contributed by atoms with Gasteiger partial charge in [-0.25, -0.2) is 0 Å². The average molecular weight is 268 g/mol. The fourth-order valence-corrected chi connectivity index (χ4v) is 2.00. The molecule has 1 aromatic carbocycles. The molecule has 0 fully saturated rings. The smallest absolute Gasteiger partial charge is 0.169 e. The highest BCUT2D eigenvalue weighted by Crippen LogP contribution is 2.09. The minimum Gasteiger partial charge on any atom is -0.363 e. The number of nitrogens with zero attached hydrogens (tertiary/aromatic N) is 3. The van der Waals surface area contributed by atoms with E-state index in [-0.39, 0.29) is 0 Å². The van der Waals surface area contributed by atoms with Gasteiger partial charge in [0.2, 0.25) is 0 Å². The van der Waals surface area contributed by atoms with Gasteiger partial charge in [-0.2, -0.15) is 5.10 Å². The Morgan fingerprint density at radius 1 is 1.20 bits per heavy atom. The number of aryl methyl sites for hydroxylation is 1. The van der Waals surface area contributed by atoms with Gasteiger partial charge in [-0.3, -0.25) is 4.68 Å². The lowest BCUT2D eigenvalue weighted by Gasteiger charge is -2.01. The molecule has 3 aromatic rings. The van der Waals surface area contributed by atoms with Crippen molar-refractivity contribution in [2.24, 2.45) is 0 Å². The highest BCUT2D eigenvalue weighted by molar-refractivity contribution is 5.34. The van der Waals surface area contributed by atoms with Gasteiger partial charge in [-0.15, -0.1) is 0 Å². The number of hydrogen-bond acceptors (Lipinski definition) is 4. The van der Waals surface area contributed by atoms with Crippen LogP contribution in [0.3, 0.4) is 0 Å². The van der Waals surface area contributed by atoms with Crippen molar-refractivity contribution in [3.05, 3.63) is 65.7 Å². The fourth-order valence-electron chi connectivity index (χ4n) is 2.00. The molecule has 0 amide bonds. The number of anilines is 1. The molecule has 0 aliphatic carbocycles. The maximum atomic E-state index is 5.00. The van der Waals surface area contributed by atoms with Crippen LogP contribution in [0.2, 0.25) is 0 Å². The molecule has 0 bridgehead atoms. The first-order valence-electron chi connectivity index (χ1n) is 6.52. The van der Waals surface area contributed by atoms with Gasteiger partial charge in [-0.05, 0) is 12.5 Å². The molecule has 20 heavy (non-hydrogen) atoms. The van der Waals surface area contributed by atoms with Crippen LogP contribution < -0.4 is 5.32 Å². The van der Waals surface area contributed by atoms with Crippen molar-refractivity contribution in [1.29, 1.82) is 0 Å². The zero-order valence-electron chi connectivity index (χ0n) is 11.3. The summed E-state index contributed by atoms with van der Waals surface area (Å²) < 4.78 is 6.93. The monoisotopic (exact) mass is 268 g/mol. The van der Waals surface area contributed by atoms with Gasteiger partial charge >= 0.3 is 0 Å². The Kier molecular flexibility index (Phi) is 3.50. The van der Waals surface area contributed by atoms with E-state index in [1.165, 1.54) is 5.56 Å². The van der Waals surface area contributed by atoms with Crippen molar-refractivity contribution in [1.82, 2.24) is 14.9 Å².